The number of rotatable bonds is 7. The first-order valence-corrected chi connectivity index (χ1v) is 9.69. The molecule has 0 aromatic heterocycles. The average Bonchev–Trinajstić information content (AvgIpc) is 2.69. The lowest BCUT2D eigenvalue weighted by molar-refractivity contribution is 0.0697. The number of aliphatic hydroxyl groups is 1. The number of carbonyl (C=O) groups is 3. The van der Waals surface area contributed by atoms with Crippen molar-refractivity contribution in [3.63, 3.8) is 0 Å². The first-order valence-electron chi connectivity index (χ1n) is 9.69. The molecule has 0 aliphatic heterocycles. The quantitative estimate of drug-likeness (QED) is 0.558. The molecule has 160 valence electrons. The monoisotopic (exact) mass is 412 g/mol. The smallest absolute Gasteiger partial charge is 0.336 e. The number of aryl methyl sites for hydroxylation is 1. The van der Waals surface area contributed by atoms with Crippen LogP contribution in [-0.2, 0) is 0 Å². The zero-order valence-corrected chi connectivity index (χ0v) is 17.7. The zero-order valence-electron chi connectivity index (χ0n) is 17.7. The number of aliphatic hydroxyl groups excluding tert-OH is 1. The van der Waals surface area contributed by atoms with Gasteiger partial charge in [-0.3, -0.25) is 9.59 Å². The molecule has 2 aromatic rings. The fourth-order valence-corrected chi connectivity index (χ4v) is 2.87. The maximum absolute atomic E-state index is 12.4. The summed E-state index contributed by atoms with van der Waals surface area (Å²) in [6.45, 7) is 8.20. The summed E-state index contributed by atoms with van der Waals surface area (Å²) in [5, 5.41) is 24.0. The van der Waals surface area contributed by atoms with E-state index in [4.69, 9.17) is 5.11 Å². The van der Waals surface area contributed by atoms with Crippen LogP contribution < -0.4 is 10.6 Å². The number of carboxylic acids is 1. The number of amides is 2. The number of nitrogens with one attached hydrogen (secondary N) is 2. The lowest BCUT2D eigenvalue weighted by Crippen LogP contribution is -2.32. The number of aromatic carboxylic acids is 1. The van der Waals surface area contributed by atoms with Gasteiger partial charge >= 0.3 is 5.97 Å². The Morgan fingerprint density at radius 1 is 0.900 bits per heavy atom. The van der Waals surface area contributed by atoms with E-state index in [0.29, 0.717) is 23.2 Å². The summed E-state index contributed by atoms with van der Waals surface area (Å²) in [7, 11) is 0. The summed E-state index contributed by atoms with van der Waals surface area (Å²) in [5.41, 5.74) is 2.30. The standard InChI is InChI=1S/C23H28N2O5/c1-14-5-6-15(20(27)24-9-10-26)11-18(14)17-8-7-16(12-19(17)22(29)30)21(28)25-13-23(2,3)4/h5-8,11-12,26H,9-10,13H2,1-4H3,(H,24,27)(H,25,28)(H,29,30). The number of hydrogen-bond acceptors (Lipinski definition) is 4. The Morgan fingerprint density at radius 3 is 2.10 bits per heavy atom. The molecule has 0 heterocycles. The molecule has 0 saturated heterocycles. The Morgan fingerprint density at radius 2 is 1.50 bits per heavy atom. The first-order chi connectivity index (χ1) is 14.0. The van der Waals surface area contributed by atoms with Crippen LogP contribution in [0.2, 0.25) is 0 Å². The van der Waals surface area contributed by atoms with Gasteiger partial charge in [0.25, 0.3) is 11.8 Å². The van der Waals surface area contributed by atoms with Crippen molar-refractivity contribution in [2.75, 3.05) is 19.7 Å². The van der Waals surface area contributed by atoms with Crippen molar-refractivity contribution in [1.82, 2.24) is 10.6 Å². The molecule has 0 bridgehead atoms. The summed E-state index contributed by atoms with van der Waals surface area (Å²) in [6, 6.07) is 9.51. The van der Waals surface area contributed by atoms with Crippen LogP contribution in [0.15, 0.2) is 36.4 Å². The van der Waals surface area contributed by atoms with Gasteiger partial charge in [-0.15, -0.1) is 0 Å². The van der Waals surface area contributed by atoms with E-state index in [1.54, 1.807) is 30.3 Å². The lowest BCUT2D eigenvalue weighted by Gasteiger charge is -2.19. The molecule has 7 heteroatoms. The van der Waals surface area contributed by atoms with E-state index < -0.39 is 5.97 Å². The zero-order chi connectivity index (χ0) is 22.5. The molecule has 7 nitrogen and oxygen atoms in total. The van der Waals surface area contributed by atoms with Gasteiger partial charge in [-0.25, -0.2) is 4.79 Å². The van der Waals surface area contributed by atoms with E-state index in [1.165, 1.54) is 6.07 Å². The van der Waals surface area contributed by atoms with Crippen molar-refractivity contribution in [3.05, 3.63) is 58.7 Å². The molecule has 0 unspecified atom stereocenters. The van der Waals surface area contributed by atoms with E-state index in [-0.39, 0.29) is 41.5 Å². The Bertz CT molecular complexity index is 961. The average molecular weight is 412 g/mol. The highest BCUT2D eigenvalue weighted by molar-refractivity contribution is 6.02. The number of benzene rings is 2. The highest BCUT2D eigenvalue weighted by Gasteiger charge is 2.19. The maximum Gasteiger partial charge on any atom is 0.336 e. The summed E-state index contributed by atoms with van der Waals surface area (Å²) < 4.78 is 0. The molecule has 0 fully saturated rings. The minimum Gasteiger partial charge on any atom is -0.478 e. The van der Waals surface area contributed by atoms with Crippen molar-refractivity contribution in [2.45, 2.75) is 27.7 Å². The summed E-state index contributed by atoms with van der Waals surface area (Å²) in [6.07, 6.45) is 0. The van der Waals surface area contributed by atoms with Gasteiger partial charge in [0.1, 0.15) is 0 Å². The molecule has 2 aromatic carbocycles. The summed E-state index contributed by atoms with van der Waals surface area (Å²) in [5.74, 6) is -1.86. The highest BCUT2D eigenvalue weighted by atomic mass is 16.4. The van der Waals surface area contributed by atoms with Crippen LogP contribution >= 0.6 is 0 Å². The van der Waals surface area contributed by atoms with Gasteiger partial charge in [0.2, 0.25) is 0 Å². The molecular weight excluding hydrogens is 384 g/mol. The van der Waals surface area contributed by atoms with Gasteiger partial charge in [0, 0.05) is 24.2 Å². The van der Waals surface area contributed by atoms with Crippen molar-refractivity contribution in [2.24, 2.45) is 5.41 Å². The fourth-order valence-electron chi connectivity index (χ4n) is 2.87. The molecule has 30 heavy (non-hydrogen) atoms. The second kappa shape index (κ2) is 9.54. The molecule has 0 aliphatic carbocycles. The maximum atomic E-state index is 12.4. The van der Waals surface area contributed by atoms with Gasteiger partial charge in [-0.2, -0.15) is 0 Å². The first kappa shape index (κ1) is 23.1. The summed E-state index contributed by atoms with van der Waals surface area (Å²) in [4.78, 5) is 36.6. The molecule has 0 aliphatic rings. The predicted molar refractivity (Wildman–Crippen MR) is 115 cm³/mol. The van der Waals surface area contributed by atoms with Gasteiger partial charge in [0.05, 0.1) is 12.2 Å². The lowest BCUT2D eigenvalue weighted by atomic mass is 9.92. The van der Waals surface area contributed by atoms with Crippen molar-refractivity contribution < 1.29 is 24.6 Å². The second-order valence-corrected chi connectivity index (χ2v) is 8.32. The minimum atomic E-state index is -1.16. The summed E-state index contributed by atoms with van der Waals surface area (Å²) >= 11 is 0. The molecular formula is C23H28N2O5. The fraction of sp³-hybridized carbons (Fsp3) is 0.348. The van der Waals surface area contributed by atoms with Crippen molar-refractivity contribution in [3.8, 4) is 11.1 Å². The molecule has 2 amide bonds. The number of carbonyl (C=O) groups excluding carboxylic acids is 2. The van der Waals surface area contributed by atoms with Crippen LogP contribution in [0.25, 0.3) is 11.1 Å². The van der Waals surface area contributed by atoms with E-state index >= 15 is 0 Å². The molecule has 0 radical (unpaired) electrons. The third-order valence-electron chi connectivity index (χ3n) is 4.48. The third kappa shape index (κ3) is 5.90. The number of hydrogen-bond donors (Lipinski definition) is 4. The van der Waals surface area contributed by atoms with Crippen LogP contribution in [0.1, 0.15) is 57.4 Å². The van der Waals surface area contributed by atoms with Crippen molar-refractivity contribution >= 4 is 17.8 Å². The van der Waals surface area contributed by atoms with Crippen LogP contribution in [-0.4, -0.2) is 47.7 Å². The van der Waals surface area contributed by atoms with E-state index in [0.717, 1.165) is 5.56 Å². The van der Waals surface area contributed by atoms with E-state index in [2.05, 4.69) is 10.6 Å². The van der Waals surface area contributed by atoms with Gasteiger partial charge in [0.15, 0.2) is 0 Å². The van der Waals surface area contributed by atoms with E-state index in [9.17, 15) is 19.5 Å². The molecule has 0 atom stereocenters. The minimum absolute atomic E-state index is 0.0191. The molecule has 0 spiro atoms. The van der Waals surface area contributed by atoms with Gasteiger partial charge < -0.3 is 20.8 Å². The van der Waals surface area contributed by atoms with Crippen LogP contribution in [0.3, 0.4) is 0 Å². The van der Waals surface area contributed by atoms with Crippen LogP contribution in [0.5, 0.6) is 0 Å². The molecule has 2 rings (SSSR count). The largest absolute Gasteiger partial charge is 0.478 e. The molecule has 0 saturated carbocycles. The van der Waals surface area contributed by atoms with Crippen LogP contribution in [0, 0.1) is 12.3 Å². The third-order valence-corrected chi connectivity index (χ3v) is 4.48. The predicted octanol–water partition coefficient (Wildman–Crippen LogP) is 2.86. The van der Waals surface area contributed by atoms with Gasteiger partial charge in [-0.1, -0.05) is 32.9 Å². The SMILES string of the molecule is Cc1ccc(C(=O)NCCO)cc1-c1ccc(C(=O)NCC(C)(C)C)cc1C(=O)O. The van der Waals surface area contributed by atoms with Crippen molar-refractivity contribution in [1.29, 1.82) is 0 Å². The van der Waals surface area contributed by atoms with Gasteiger partial charge in [-0.05, 0) is 53.3 Å². The Labute approximate surface area is 176 Å². The number of carboxylic acid groups (broad SMARTS) is 1. The van der Waals surface area contributed by atoms with E-state index in [1.807, 2.05) is 27.7 Å². The normalized spacial score (nSPS) is 11.1. The Kier molecular flexibility index (Phi) is 7.34. The Hall–Kier alpha value is -3.19. The highest BCUT2D eigenvalue weighted by Crippen LogP contribution is 2.29. The Balaban J connectivity index is 2.43. The topological polar surface area (TPSA) is 116 Å². The van der Waals surface area contributed by atoms with Crippen LogP contribution in [0.4, 0.5) is 0 Å². The second-order valence-electron chi connectivity index (χ2n) is 8.32. The molecule has 4 N–H and O–H groups in total.